The van der Waals surface area contributed by atoms with Crippen LogP contribution in [-0.2, 0) is 10.8 Å². The van der Waals surface area contributed by atoms with Crippen molar-refractivity contribution in [1.29, 1.82) is 0 Å². The number of hydrogen-bond donors (Lipinski definition) is 0. The molecule has 4 aromatic carbocycles. The minimum atomic E-state index is 0.130. The highest BCUT2D eigenvalue weighted by molar-refractivity contribution is 5.90. The Hall–Kier alpha value is -3.32. The van der Waals surface area contributed by atoms with Gasteiger partial charge in [-0.25, -0.2) is 0 Å². The first-order chi connectivity index (χ1) is 16.1. The van der Waals surface area contributed by atoms with Crippen LogP contribution in [0.15, 0.2) is 91.0 Å². The Kier molecular flexibility index (Phi) is 6.41. The fourth-order valence-electron chi connectivity index (χ4n) is 4.36. The van der Waals surface area contributed by atoms with Crippen LogP contribution in [0.5, 0.6) is 0 Å². The summed E-state index contributed by atoms with van der Waals surface area (Å²) < 4.78 is 0. The fourth-order valence-corrected chi connectivity index (χ4v) is 4.36. The van der Waals surface area contributed by atoms with Crippen LogP contribution in [0.4, 0.5) is 17.1 Å². The quantitative estimate of drug-likeness (QED) is 0.301. The van der Waals surface area contributed by atoms with E-state index in [1.807, 2.05) is 0 Å². The summed E-state index contributed by atoms with van der Waals surface area (Å²) in [6.07, 6.45) is 4.23. The minimum Gasteiger partial charge on any atom is -0.310 e. The highest BCUT2D eigenvalue weighted by atomic mass is 15.1. The summed E-state index contributed by atoms with van der Waals surface area (Å²) in [7, 11) is 0. The van der Waals surface area contributed by atoms with Crippen LogP contribution < -0.4 is 4.90 Å². The summed E-state index contributed by atoms with van der Waals surface area (Å²) in [4.78, 5) is 2.36. The van der Waals surface area contributed by atoms with E-state index in [2.05, 4.69) is 150 Å². The molecule has 0 aliphatic heterocycles. The van der Waals surface area contributed by atoms with Crippen molar-refractivity contribution in [3.8, 4) is 0 Å². The Balaban J connectivity index is 1.82. The van der Waals surface area contributed by atoms with E-state index < -0.39 is 0 Å². The molecule has 0 atom stereocenters. The molecule has 0 N–H and O–H groups in total. The first-order valence-corrected chi connectivity index (χ1v) is 12.2. The van der Waals surface area contributed by atoms with Gasteiger partial charge in [0.1, 0.15) is 0 Å². The number of rotatable bonds is 4. The molecule has 0 unspecified atom stereocenters. The summed E-state index contributed by atoms with van der Waals surface area (Å²) in [6.45, 7) is 15.6. The van der Waals surface area contributed by atoms with Crippen LogP contribution in [0.25, 0.3) is 16.8 Å². The predicted molar refractivity (Wildman–Crippen MR) is 151 cm³/mol. The number of nitrogens with zero attached hydrogens (tertiary/aromatic N) is 1. The highest BCUT2D eigenvalue weighted by Gasteiger charge is 2.18. The zero-order chi connectivity index (χ0) is 24.5. The third-order valence-corrected chi connectivity index (χ3v) is 6.45. The summed E-state index contributed by atoms with van der Waals surface area (Å²) in [5.74, 6) is 0. The van der Waals surface area contributed by atoms with Gasteiger partial charge in [-0.3, -0.25) is 0 Å². The normalized spacial score (nSPS) is 12.4. The molecule has 34 heavy (non-hydrogen) atoms. The zero-order valence-corrected chi connectivity index (χ0v) is 21.7. The molecule has 0 bridgehead atoms. The van der Waals surface area contributed by atoms with E-state index in [-0.39, 0.29) is 10.8 Å². The molecule has 0 fully saturated rings. The van der Waals surface area contributed by atoms with Gasteiger partial charge in [0.15, 0.2) is 0 Å². The van der Waals surface area contributed by atoms with Gasteiger partial charge in [-0.15, -0.1) is 0 Å². The second-order valence-corrected chi connectivity index (χ2v) is 11.2. The lowest BCUT2D eigenvalue weighted by Crippen LogP contribution is -2.14. The summed E-state index contributed by atoms with van der Waals surface area (Å²) in [5, 5.41) is 2.50. The first kappa shape index (κ1) is 23.8. The zero-order valence-electron chi connectivity index (χ0n) is 21.7. The van der Waals surface area contributed by atoms with Gasteiger partial charge >= 0.3 is 0 Å². The third-order valence-electron chi connectivity index (χ3n) is 6.45. The van der Waals surface area contributed by atoms with Crippen molar-refractivity contribution >= 4 is 33.9 Å². The van der Waals surface area contributed by atoms with E-state index >= 15 is 0 Å². The Morgan fingerprint density at radius 2 is 0.971 bits per heavy atom. The van der Waals surface area contributed by atoms with Crippen LogP contribution in [0.2, 0.25) is 0 Å². The maximum atomic E-state index is 2.36. The van der Waals surface area contributed by atoms with Gasteiger partial charge in [-0.1, -0.05) is 96.2 Å². The van der Waals surface area contributed by atoms with E-state index in [0.717, 1.165) is 0 Å². The van der Waals surface area contributed by atoms with E-state index in [1.165, 1.54) is 44.5 Å². The van der Waals surface area contributed by atoms with E-state index in [0.29, 0.717) is 0 Å². The maximum absolute atomic E-state index is 2.36. The van der Waals surface area contributed by atoms with E-state index in [4.69, 9.17) is 0 Å². The van der Waals surface area contributed by atoms with Crippen LogP contribution in [0.3, 0.4) is 0 Å². The van der Waals surface area contributed by atoms with Gasteiger partial charge in [-0.05, 0) is 87.7 Å². The van der Waals surface area contributed by atoms with Gasteiger partial charge < -0.3 is 4.90 Å². The maximum Gasteiger partial charge on any atom is 0.0468 e. The smallest absolute Gasteiger partial charge is 0.0468 e. The van der Waals surface area contributed by atoms with Crippen molar-refractivity contribution in [3.05, 3.63) is 108 Å². The number of fused-ring (bicyclic) bond motifs is 1. The average Bonchev–Trinajstić information content (AvgIpc) is 2.79. The van der Waals surface area contributed by atoms with Crippen molar-refractivity contribution in [2.45, 2.75) is 59.3 Å². The molecule has 1 heteroatoms. The number of hydrogen-bond acceptors (Lipinski definition) is 1. The Morgan fingerprint density at radius 3 is 1.44 bits per heavy atom. The predicted octanol–water partition coefficient (Wildman–Crippen LogP) is 9.94. The number of allylic oxidation sites excluding steroid dienone is 1. The molecule has 0 aliphatic carbocycles. The molecule has 4 rings (SSSR count). The molecule has 0 heterocycles. The third kappa shape index (κ3) is 5.09. The second kappa shape index (κ2) is 9.14. The SMILES string of the molecule is CC=Cc1ccc2cc(N(c3ccc(C(C)(C)C)cc3)c3ccc(C(C)(C)C)cc3)ccc2c1. The molecule has 0 saturated carbocycles. The summed E-state index contributed by atoms with van der Waals surface area (Å²) in [6, 6.07) is 31.5. The minimum absolute atomic E-state index is 0.130. The first-order valence-electron chi connectivity index (χ1n) is 12.2. The van der Waals surface area contributed by atoms with Crippen molar-refractivity contribution in [1.82, 2.24) is 0 Å². The number of anilines is 3. The molecule has 0 radical (unpaired) electrons. The van der Waals surface area contributed by atoms with Gasteiger partial charge in [0.05, 0.1) is 0 Å². The molecule has 0 amide bonds. The van der Waals surface area contributed by atoms with Crippen LogP contribution in [0.1, 0.15) is 65.2 Å². The molecule has 0 aromatic heterocycles. The van der Waals surface area contributed by atoms with Crippen LogP contribution in [-0.4, -0.2) is 0 Å². The monoisotopic (exact) mass is 447 g/mol. The molecule has 0 aliphatic rings. The summed E-state index contributed by atoms with van der Waals surface area (Å²) >= 11 is 0. The van der Waals surface area contributed by atoms with E-state index in [9.17, 15) is 0 Å². The van der Waals surface area contributed by atoms with Gasteiger partial charge in [-0.2, -0.15) is 0 Å². The van der Waals surface area contributed by atoms with Crippen LogP contribution >= 0.6 is 0 Å². The van der Waals surface area contributed by atoms with Gasteiger partial charge in [0.25, 0.3) is 0 Å². The molecular formula is C33H37N. The molecule has 1 nitrogen and oxygen atoms in total. The largest absolute Gasteiger partial charge is 0.310 e. The molecule has 174 valence electrons. The second-order valence-electron chi connectivity index (χ2n) is 11.2. The highest BCUT2D eigenvalue weighted by Crippen LogP contribution is 2.38. The lowest BCUT2D eigenvalue weighted by atomic mass is 9.86. The van der Waals surface area contributed by atoms with Crippen molar-refractivity contribution < 1.29 is 0 Å². The Bertz CT molecular complexity index is 1240. The van der Waals surface area contributed by atoms with Crippen molar-refractivity contribution in [2.24, 2.45) is 0 Å². The topological polar surface area (TPSA) is 3.24 Å². The molecule has 4 aromatic rings. The average molecular weight is 448 g/mol. The van der Waals surface area contributed by atoms with Gasteiger partial charge in [0, 0.05) is 17.1 Å². The van der Waals surface area contributed by atoms with Crippen molar-refractivity contribution in [2.75, 3.05) is 4.90 Å². The fraction of sp³-hybridized carbons (Fsp3) is 0.273. The van der Waals surface area contributed by atoms with Crippen molar-refractivity contribution in [3.63, 3.8) is 0 Å². The van der Waals surface area contributed by atoms with E-state index in [1.54, 1.807) is 0 Å². The Labute approximate surface area is 205 Å². The summed E-state index contributed by atoms with van der Waals surface area (Å²) in [5.41, 5.74) is 7.68. The number of benzene rings is 4. The van der Waals surface area contributed by atoms with Crippen LogP contribution in [0, 0.1) is 0 Å². The lowest BCUT2D eigenvalue weighted by molar-refractivity contribution is 0.590. The molecule has 0 spiro atoms. The lowest BCUT2D eigenvalue weighted by Gasteiger charge is -2.28. The standard InChI is InChI=1S/C33H37N/c1-8-9-24-10-11-26-23-31(17-12-25(26)22-24)34(29-18-13-27(14-19-29)32(2,3)4)30-20-15-28(16-21-30)33(5,6)7/h8-23H,1-7H3. The Morgan fingerprint density at radius 1 is 0.529 bits per heavy atom. The molecule has 0 saturated heterocycles. The molecular weight excluding hydrogens is 410 g/mol. The van der Waals surface area contributed by atoms with Gasteiger partial charge in [0.2, 0.25) is 0 Å².